The Labute approximate surface area is 118 Å². The van der Waals surface area contributed by atoms with E-state index in [4.69, 9.17) is 4.74 Å². The van der Waals surface area contributed by atoms with Crippen LogP contribution in [0.3, 0.4) is 0 Å². The fourth-order valence-corrected chi connectivity index (χ4v) is 3.97. The Morgan fingerprint density at radius 2 is 2.11 bits per heavy atom. The summed E-state index contributed by atoms with van der Waals surface area (Å²) in [6.45, 7) is 12.8. The van der Waals surface area contributed by atoms with Gasteiger partial charge in [-0.25, -0.2) is 0 Å². The number of piperazine rings is 1. The number of ether oxygens (including phenoxy) is 1. The van der Waals surface area contributed by atoms with Crippen LogP contribution in [0.25, 0.3) is 0 Å². The minimum absolute atomic E-state index is 0.366. The standard InChI is InChI=1S/C16H30N2O/c1-12(2)15-8-17-16(3,14-4-5-14)11-18(15)9-13-6-7-19-10-13/h12-15,17H,4-11H2,1-3H3. The summed E-state index contributed by atoms with van der Waals surface area (Å²) < 4.78 is 5.56. The first-order chi connectivity index (χ1) is 9.08. The number of nitrogens with zero attached hydrogens (tertiary/aromatic N) is 1. The molecule has 3 unspecified atom stereocenters. The molecule has 0 aromatic heterocycles. The third kappa shape index (κ3) is 2.98. The van der Waals surface area contributed by atoms with E-state index in [-0.39, 0.29) is 0 Å². The summed E-state index contributed by atoms with van der Waals surface area (Å²) in [6, 6.07) is 0.701. The third-order valence-electron chi connectivity index (χ3n) is 5.48. The molecular weight excluding hydrogens is 236 g/mol. The molecule has 2 aliphatic heterocycles. The normalized spacial score (nSPS) is 41.1. The van der Waals surface area contributed by atoms with E-state index in [2.05, 4.69) is 31.0 Å². The van der Waals surface area contributed by atoms with Crippen molar-refractivity contribution in [3.05, 3.63) is 0 Å². The van der Waals surface area contributed by atoms with Gasteiger partial charge in [-0.1, -0.05) is 13.8 Å². The Morgan fingerprint density at radius 1 is 1.32 bits per heavy atom. The maximum Gasteiger partial charge on any atom is 0.0507 e. The number of rotatable bonds is 4. The van der Waals surface area contributed by atoms with Crippen molar-refractivity contribution in [2.45, 2.75) is 51.6 Å². The van der Waals surface area contributed by atoms with Crippen molar-refractivity contribution in [3.8, 4) is 0 Å². The molecule has 0 aromatic rings. The molecule has 0 aromatic carbocycles. The lowest BCUT2D eigenvalue weighted by Crippen LogP contribution is -2.65. The van der Waals surface area contributed by atoms with Crippen LogP contribution >= 0.6 is 0 Å². The monoisotopic (exact) mass is 266 g/mol. The van der Waals surface area contributed by atoms with Crippen LogP contribution in [-0.4, -0.2) is 49.3 Å². The molecule has 3 nitrogen and oxygen atoms in total. The molecule has 3 heteroatoms. The van der Waals surface area contributed by atoms with E-state index >= 15 is 0 Å². The van der Waals surface area contributed by atoms with Gasteiger partial charge in [0.25, 0.3) is 0 Å². The Kier molecular flexibility index (Phi) is 3.89. The topological polar surface area (TPSA) is 24.5 Å². The van der Waals surface area contributed by atoms with Gasteiger partial charge in [0.2, 0.25) is 0 Å². The number of hydrogen-bond donors (Lipinski definition) is 1. The summed E-state index contributed by atoms with van der Waals surface area (Å²) in [5.41, 5.74) is 0.366. The highest BCUT2D eigenvalue weighted by molar-refractivity contribution is 5.04. The molecule has 1 N–H and O–H groups in total. The molecule has 0 radical (unpaired) electrons. The molecule has 19 heavy (non-hydrogen) atoms. The molecular formula is C16H30N2O. The lowest BCUT2D eigenvalue weighted by Gasteiger charge is -2.49. The molecule has 110 valence electrons. The second-order valence-corrected chi connectivity index (χ2v) is 7.54. The van der Waals surface area contributed by atoms with Crippen molar-refractivity contribution in [1.82, 2.24) is 10.2 Å². The van der Waals surface area contributed by atoms with Gasteiger partial charge in [-0.05, 0) is 43.9 Å². The fourth-order valence-electron chi connectivity index (χ4n) is 3.97. The van der Waals surface area contributed by atoms with Crippen molar-refractivity contribution >= 4 is 0 Å². The highest BCUT2D eigenvalue weighted by atomic mass is 16.5. The Bertz CT molecular complexity index is 310. The first-order valence-electron chi connectivity index (χ1n) is 8.15. The van der Waals surface area contributed by atoms with Gasteiger partial charge < -0.3 is 10.1 Å². The average Bonchev–Trinajstić information content (AvgIpc) is 3.10. The highest BCUT2D eigenvalue weighted by Crippen LogP contribution is 2.42. The summed E-state index contributed by atoms with van der Waals surface area (Å²) in [5.74, 6) is 2.42. The quantitative estimate of drug-likeness (QED) is 0.843. The molecule has 3 rings (SSSR count). The van der Waals surface area contributed by atoms with Gasteiger partial charge in [0, 0.05) is 37.8 Å². The van der Waals surface area contributed by atoms with Gasteiger partial charge in [-0.15, -0.1) is 0 Å². The highest BCUT2D eigenvalue weighted by Gasteiger charge is 2.46. The van der Waals surface area contributed by atoms with E-state index < -0.39 is 0 Å². The zero-order chi connectivity index (χ0) is 13.5. The van der Waals surface area contributed by atoms with E-state index in [0.717, 1.165) is 37.5 Å². The minimum atomic E-state index is 0.366. The van der Waals surface area contributed by atoms with Crippen molar-refractivity contribution in [1.29, 1.82) is 0 Å². The van der Waals surface area contributed by atoms with Crippen molar-refractivity contribution < 1.29 is 4.74 Å². The summed E-state index contributed by atoms with van der Waals surface area (Å²) in [5, 5.41) is 3.87. The van der Waals surface area contributed by atoms with Crippen LogP contribution in [0.1, 0.15) is 40.0 Å². The maximum absolute atomic E-state index is 5.56. The Balaban J connectivity index is 1.66. The second-order valence-electron chi connectivity index (χ2n) is 7.54. The summed E-state index contributed by atoms with van der Waals surface area (Å²) in [7, 11) is 0. The first kappa shape index (κ1) is 13.8. The molecule has 2 saturated heterocycles. The van der Waals surface area contributed by atoms with Gasteiger partial charge in [-0.2, -0.15) is 0 Å². The van der Waals surface area contributed by atoms with E-state index in [1.54, 1.807) is 0 Å². The maximum atomic E-state index is 5.56. The molecule has 0 bridgehead atoms. The smallest absolute Gasteiger partial charge is 0.0507 e. The number of hydrogen-bond acceptors (Lipinski definition) is 3. The predicted molar refractivity (Wildman–Crippen MR) is 78.3 cm³/mol. The lowest BCUT2D eigenvalue weighted by atomic mass is 9.87. The minimum Gasteiger partial charge on any atom is -0.381 e. The zero-order valence-electron chi connectivity index (χ0n) is 12.8. The van der Waals surface area contributed by atoms with Crippen LogP contribution < -0.4 is 5.32 Å². The van der Waals surface area contributed by atoms with Crippen LogP contribution in [0, 0.1) is 17.8 Å². The average molecular weight is 266 g/mol. The van der Waals surface area contributed by atoms with Crippen molar-refractivity contribution in [3.63, 3.8) is 0 Å². The molecule has 3 fully saturated rings. The van der Waals surface area contributed by atoms with Crippen LogP contribution in [0.5, 0.6) is 0 Å². The van der Waals surface area contributed by atoms with Crippen LogP contribution in [-0.2, 0) is 4.74 Å². The van der Waals surface area contributed by atoms with E-state index in [1.165, 1.54) is 32.4 Å². The zero-order valence-corrected chi connectivity index (χ0v) is 12.8. The molecule has 3 aliphatic rings. The van der Waals surface area contributed by atoms with Gasteiger partial charge in [0.05, 0.1) is 6.61 Å². The van der Waals surface area contributed by atoms with E-state index in [9.17, 15) is 0 Å². The van der Waals surface area contributed by atoms with Gasteiger partial charge in [0.15, 0.2) is 0 Å². The molecule has 0 spiro atoms. The third-order valence-corrected chi connectivity index (χ3v) is 5.48. The summed E-state index contributed by atoms with van der Waals surface area (Å²) in [4.78, 5) is 2.78. The summed E-state index contributed by atoms with van der Waals surface area (Å²) >= 11 is 0. The van der Waals surface area contributed by atoms with E-state index in [1.807, 2.05) is 0 Å². The van der Waals surface area contributed by atoms with Gasteiger partial charge in [0.1, 0.15) is 0 Å². The van der Waals surface area contributed by atoms with Crippen LogP contribution in [0.15, 0.2) is 0 Å². The van der Waals surface area contributed by atoms with Crippen LogP contribution in [0.4, 0.5) is 0 Å². The van der Waals surface area contributed by atoms with Gasteiger partial charge >= 0.3 is 0 Å². The molecule has 1 saturated carbocycles. The molecule has 2 heterocycles. The Hall–Kier alpha value is -0.120. The lowest BCUT2D eigenvalue weighted by molar-refractivity contribution is 0.0381. The van der Waals surface area contributed by atoms with Crippen LogP contribution in [0.2, 0.25) is 0 Å². The Morgan fingerprint density at radius 3 is 2.68 bits per heavy atom. The largest absolute Gasteiger partial charge is 0.381 e. The molecule has 0 amide bonds. The van der Waals surface area contributed by atoms with E-state index in [0.29, 0.717) is 11.6 Å². The van der Waals surface area contributed by atoms with Crippen molar-refractivity contribution in [2.75, 3.05) is 32.8 Å². The SMILES string of the molecule is CC(C)C1CNC(C)(C2CC2)CN1CC1CCOC1. The summed E-state index contributed by atoms with van der Waals surface area (Å²) in [6.07, 6.45) is 4.11. The predicted octanol–water partition coefficient (Wildman–Crippen LogP) is 2.12. The first-order valence-corrected chi connectivity index (χ1v) is 8.15. The van der Waals surface area contributed by atoms with Crippen molar-refractivity contribution in [2.24, 2.45) is 17.8 Å². The molecule has 3 atom stereocenters. The van der Waals surface area contributed by atoms with Gasteiger partial charge in [-0.3, -0.25) is 4.90 Å². The second kappa shape index (κ2) is 5.34. The number of nitrogens with one attached hydrogen (secondary N) is 1. The molecule has 1 aliphatic carbocycles. The fraction of sp³-hybridized carbons (Fsp3) is 1.00.